The Morgan fingerprint density at radius 1 is 1.25 bits per heavy atom. The summed E-state index contributed by atoms with van der Waals surface area (Å²) in [5.41, 5.74) is 1.05. The standard InChI is InChI=1S/C18H18FN3OS/c1-12(2)22(18(23)16-9-10-20-21-16)11-13-7-8-17(24-13)14-5-3-4-6-15(14)19/h3-10,12H,11H2,1-2H3,(H,20,21). The lowest BCUT2D eigenvalue weighted by molar-refractivity contribution is 0.0686. The molecule has 0 radical (unpaired) electrons. The summed E-state index contributed by atoms with van der Waals surface area (Å²) in [6.45, 7) is 4.42. The van der Waals surface area contributed by atoms with E-state index in [0.717, 1.165) is 9.75 Å². The minimum absolute atomic E-state index is 0.0415. The highest BCUT2D eigenvalue weighted by molar-refractivity contribution is 7.15. The number of halogens is 1. The van der Waals surface area contributed by atoms with Gasteiger partial charge in [-0.2, -0.15) is 5.10 Å². The van der Waals surface area contributed by atoms with Gasteiger partial charge in [-0.15, -0.1) is 11.3 Å². The van der Waals surface area contributed by atoms with Gasteiger partial charge in [0.25, 0.3) is 5.91 Å². The zero-order valence-electron chi connectivity index (χ0n) is 13.5. The Morgan fingerprint density at radius 3 is 2.71 bits per heavy atom. The highest BCUT2D eigenvalue weighted by Gasteiger charge is 2.21. The second kappa shape index (κ2) is 6.97. The van der Waals surface area contributed by atoms with Gasteiger partial charge in [-0.25, -0.2) is 4.39 Å². The Morgan fingerprint density at radius 2 is 2.04 bits per heavy atom. The monoisotopic (exact) mass is 343 g/mol. The lowest BCUT2D eigenvalue weighted by Gasteiger charge is -2.25. The Balaban J connectivity index is 1.82. The molecule has 124 valence electrons. The number of amides is 1. The second-order valence-corrected chi connectivity index (χ2v) is 6.91. The van der Waals surface area contributed by atoms with Gasteiger partial charge in [0.2, 0.25) is 0 Å². The van der Waals surface area contributed by atoms with E-state index < -0.39 is 0 Å². The topological polar surface area (TPSA) is 49.0 Å². The first-order chi connectivity index (χ1) is 11.6. The lowest BCUT2D eigenvalue weighted by atomic mass is 10.2. The third kappa shape index (κ3) is 3.38. The van der Waals surface area contributed by atoms with Crippen LogP contribution in [-0.4, -0.2) is 27.0 Å². The number of carbonyl (C=O) groups excluding carboxylic acids is 1. The predicted molar refractivity (Wildman–Crippen MR) is 93.3 cm³/mol. The first-order valence-electron chi connectivity index (χ1n) is 7.70. The molecule has 0 unspecified atom stereocenters. The maximum atomic E-state index is 13.9. The van der Waals surface area contributed by atoms with Crippen molar-refractivity contribution >= 4 is 17.2 Å². The van der Waals surface area contributed by atoms with E-state index >= 15 is 0 Å². The fraction of sp³-hybridized carbons (Fsp3) is 0.222. The summed E-state index contributed by atoms with van der Waals surface area (Å²) in [5, 5.41) is 6.54. The van der Waals surface area contributed by atoms with Gasteiger partial charge in [-0.1, -0.05) is 18.2 Å². The number of hydrogen-bond acceptors (Lipinski definition) is 3. The number of benzene rings is 1. The van der Waals surface area contributed by atoms with Crippen LogP contribution in [0, 0.1) is 5.82 Å². The van der Waals surface area contributed by atoms with Crippen LogP contribution >= 0.6 is 11.3 Å². The molecular formula is C18H18FN3OS. The molecular weight excluding hydrogens is 325 g/mol. The van der Waals surface area contributed by atoms with Crippen LogP contribution in [0.1, 0.15) is 29.2 Å². The van der Waals surface area contributed by atoms with E-state index in [0.29, 0.717) is 17.8 Å². The predicted octanol–water partition coefficient (Wildman–Crippen LogP) is 4.33. The summed E-state index contributed by atoms with van der Waals surface area (Å²) in [7, 11) is 0. The van der Waals surface area contributed by atoms with Crippen LogP contribution < -0.4 is 0 Å². The molecule has 0 saturated carbocycles. The van der Waals surface area contributed by atoms with Crippen molar-refractivity contribution in [3.63, 3.8) is 0 Å². The van der Waals surface area contributed by atoms with Gasteiger partial charge in [-0.05, 0) is 38.1 Å². The van der Waals surface area contributed by atoms with Gasteiger partial charge in [-0.3, -0.25) is 9.89 Å². The van der Waals surface area contributed by atoms with Gasteiger partial charge in [0.05, 0.1) is 6.54 Å². The van der Waals surface area contributed by atoms with Gasteiger partial charge in [0, 0.05) is 27.6 Å². The average molecular weight is 343 g/mol. The van der Waals surface area contributed by atoms with E-state index in [-0.39, 0.29) is 17.8 Å². The Kier molecular flexibility index (Phi) is 4.76. The molecule has 1 amide bonds. The van der Waals surface area contributed by atoms with E-state index in [4.69, 9.17) is 0 Å². The van der Waals surface area contributed by atoms with Crippen LogP contribution in [0.3, 0.4) is 0 Å². The summed E-state index contributed by atoms with van der Waals surface area (Å²) in [6.07, 6.45) is 1.56. The third-order valence-electron chi connectivity index (χ3n) is 3.74. The van der Waals surface area contributed by atoms with Crippen molar-refractivity contribution in [3.05, 3.63) is 65.0 Å². The van der Waals surface area contributed by atoms with Gasteiger partial charge < -0.3 is 4.90 Å². The zero-order chi connectivity index (χ0) is 17.1. The Hall–Kier alpha value is -2.47. The van der Waals surface area contributed by atoms with Crippen molar-refractivity contribution in [1.82, 2.24) is 15.1 Å². The first kappa shape index (κ1) is 16.4. The molecule has 0 spiro atoms. The number of nitrogens with one attached hydrogen (secondary N) is 1. The second-order valence-electron chi connectivity index (χ2n) is 5.74. The van der Waals surface area contributed by atoms with E-state index in [1.54, 1.807) is 29.3 Å². The van der Waals surface area contributed by atoms with Gasteiger partial charge in [0.1, 0.15) is 11.5 Å². The summed E-state index contributed by atoms with van der Waals surface area (Å²) < 4.78 is 13.9. The molecule has 2 heterocycles. The Labute approximate surface area is 143 Å². The van der Waals surface area contributed by atoms with Crippen LogP contribution in [0.2, 0.25) is 0 Å². The molecule has 0 aliphatic rings. The number of nitrogens with zero attached hydrogens (tertiary/aromatic N) is 2. The summed E-state index contributed by atoms with van der Waals surface area (Å²) >= 11 is 1.50. The molecule has 0 aliphatic heterocycles. The van der Waals surface area contributed by atoms with Crippen molar-refractivity contribution < 1.29 is 9.18 Å². The van der Waals surface area contributed by atoms with E-state index in [9.17, 15) is 9.18 Å². The molecule has 4 nitrogen and oxygen atoms in total. The number of hydrogen-bond donors (Lipinski definition) is 1. The largest absolute Gasteiger partial charge is 0.330 e. The van der Waals surface area contributed by atoms with Gasteiger partial charge >= 0.3 is 0 Å². The van der Waals surface area contributed by atoms with Crippen molar-refractivity contribution in [2.45, 2.75) is 26.4 Å². The van der Waals surface area contributed by atoms with E-state index in [1.165, 1.54) is 17.4 Å². The number of H-pyrrole nitrogens is 1. The van der Waals surface area contributed by atoms with Crippen molar-refractivity contribution in [1.29, 1.82) is 0 Å². The van der Waals surface area contributed by atoms with Crippen LogP contribution in [0.25, 0.3) is 10.4 Å². The number of rotatable bonds is 5. The Bertz CT molecular complexity index is 826. The highest BCUT2D eigenvalue weighted by Crippen LogP contribution is 2.31. The molecule has 1 N–H and O–H groups in total. The third-order valence-corrected chi connectivity index (χ3v) is 4.85. The minimum atomic E-state index is -0.236. The molecule has 6 heteroatoms. The number of aromatic amines is 1. The quantitative estimate of drug-likeness (QED) is 0.750. The molecule has 3 rings (SSSR count). The molecule has 0 atom stereocenters. The zero-order valence-corrected chi connectivity index (χ0v) is 14.3. The smallest absolute Gasteiger partial charge is 0.272 e. The molecule has 0 aliphatic carbocycles. The summed E-state index contributed by atoms with van der Waals surface area (Å²) in [4.78, 5) is 16.2. The fourth-order valence-corrected chi connectivity index (χ4v) is 3.49. The fourth-order valence-electron chi connectivity index (χ4n) is 2.46. The molecule has 0 bridgehead atoms. The molecule has 1 aromatic carbocycles. The van der Waals surface area contributed by atoms with Gasteiger partial charge in [0.15, 0.2) is 0 Å². The average Bonchev–Trinajstić information content (AvgIpc) is 3.24. The van der Waals surface area contributed by atoms with Crippen molar-refractivity contribution in [2.75, 3.05) is 0 Å². The highest BCUT2D eigenvalue weighted by atomic mass is 32.1. The van der Waals surface area contributed by atoms with Crippen LogP contribution in [0.4, 0.5) is 4.39 Å². The van der Waals surface area contributed by atoms with E-state index in [1.807, 2.05) is 32.0 Å². The maximum absolute atomic E-state index is 13.9. The maximum Gasteiger partial charge on any atom is 0.272 e. The molecule has 0 saturated heterocycles. The first-order valence-corrected chi connectivity index (χ1v) is 8.52. The number of carbonyl (C=O) groups is 1. The summed E-state index contributed by atoms with van der Waals surface area (Å²) in [5.74, 6) is -0.330. The molecule has 3 aromatic rings. The SMILES string of the molecule is CC(C)N(Cc1ccc(-c2ccccc2F)s1)C(=O)c1ccn[nH]1. The lowest BCUT2D eigenvalue weighted by Crippen LogP contribution is -2.36. The molecule has 0 fully saturated rings. The van der Waals surface area contributed by atoms with Crippen LogP contribution in [-0.2, 0) is 6.54 Å². The molecule has 2 aromatic heterocycles. The number of thiophene rings is 1. The minimum Gasteiger partial charge on any atom is -0.330 e. The normalized spacial score (nSPS) is 11.0. The van der Waals surface area contributed by atoms with E-state index in [2.05, 4.69) is 10.2 Å². The van der Waals surface area contributed by atoms with Crippen molar-refractivity contribution in [3.8, 4) is 10.4 Å². The van der Waals surface area contributed by atoms with Crippen LogP contribution in [0.15, 0.2) is 48.7 Å². The van der Waals surface area contributed by atoms with Crippen molar-refractivity contribution in [2.24, 2.45) is 0 Å². The summed E-state index contributed by atoms with van der Waals surface area (Å²) in [6, 6.07) is 12.3. The van der Waals surface area contributed by atoms with Crippen LogP contribution in [0.5, 0.6) is 0 Å². The number of aromatic nitrogens is 2. The molecule has 24 heavy (non-hydrogen) atoms.